The Morgan fingerprint density at radius 3 is 2.95 bits per heavy atom. The molecule has 1 heteroatoms. The molecule has 0 saturated heterocycles. The first-order chi connectivity index (χ1) is 9.17. The Labute approximate surface area is 116 Å². The van der Waals surface area contributed by atoms with E-state index in [0.29, 0.717) is 11.2 Å². The lowest BCUT2D eigenvalue weighted by Gasteiger charge is -2.49. The number of fused-ring (bicyclic) bond motifs is 5. The summed E-state index contributed by atoms with van der Waals surface area (Å²) in [4.78, 5) is 0. The van der Waals surface area contributed by atoms with Crippen molar-refractivity contribution in [3.63, 3.8) is 0 Å². The van der Waals surface area contributed by atoms with Gasteiger partial charge in [-0.2, -0.15) is 0 Å². The predicted molar refractivity (Wildman–Crippen MR) is 77.3 cm³/mol. The number of aryl methyl sites for hydroxylation is 1. The summed E-state index contributed by atoms with van der Waals surface area (Å²) in [7, 11) is 0. The van der Waals surface area contributed by atoms with Crippen molar-refractivity contribution in [2.24, 2.45) is 17.3 Å². The molecule has 4 rings (SSSR count). The van der Waals surface area contributed by atoms with Crippen LogP contribution in [0.4, 0.5) is 0 Å². The minimum Gasteiger partial charge on any atom is -0.508 e. The quantitative estimate of drug-likeness (QED) is 0.717. The SMILES string of the molecule is C[C@]12CCC[C@H]1[C@@H]1CCc3cc(O)ccc3[C@H]1CC2. The number of hydrogen-bond donors (Lipinski definition) is 1. The fourth-order valence-electron chi connectivity index (χ4n) is 5.56. The molecule has 2 saturated carbocycles. The molecule has 1 nitrogen and oxygen atoms in total. The van der Waals surface area contributed by atoms with E-state index in [4.69, 9.17) is 0 Å². The average molecular weight is 256 g/mol. The lowest BCUT2D eigenvalue weighted by Crippen LogP contribution is -2.39. The van der Waals surface area contributed by atoms with Gasteiger partial charge in [0.1, 0.15) is 5.75 Å². The van der Waals surface area contributed by atoms with Gasteiger partial charge in [-0.15, -0.1) is 0 Å². The molecule has 0 amide bonds. The highest BCUT2D eigenvalue weighted by atomic mass is 16.3. The summed E-state index contributed by atoms with van der Waals surface area (Å²) < 4.78 is 0. The molecule has 4 atom stereocenters. The van der Waals surface area contributed by atoms with Crippen molar-refractivity contribution in [1.29, 1.82) is 0 Å². The summed E-state index contributed by atoms with van der Waals surface area (Å²) in [6.07, 6.45) is 9.69. The molecule has 1 N–H and O–H groups in total. The molecule has 0 unspecified atom stereocenters. The van der Waals surface area contributed by atoms with E-state index < -0.39 is 0 Å². The Morgan fingerprint density at radius 2 is 2.05 bits per heavy atom. The minimum atomic E-state index is 0.443. The Balaban J connectivity index is 1.72. The Kier molecular flexibility index (Phi) is 2.49. The molecule has 19 heavy (non-hydrogen) atoms. The Hall–Kier alpha value is -0.980. The number of phenolic OH excluding ortho intramolecular Hbond substituents is 1. The lowest BCUT2D eigenvalue weighted by atomic mass is 9.56. The zero-order valence-corrected chi connectivity index (χ0v) is 11.9. The number of phenols is 1. The largest absolute Gasteiger partial charge is 0.508 e. The molecule has 0 spiro atoms. The van der Waals surface area contributed by atoms with Crippen molar-refractivity contribution < 1.29 is 5.11 Å². The van der Waals surface area contributed by atoms with Crippen LogP contribution >= 0.6 is 0 Å². The van der Waals surface area contributed by atoms with Crippen molar-refractivity contribution >= 4 is 0 Å². The van der Waals surface area contributed by atoms with Crippen LogP contribution in [0, 0.1) is 17.3 Å². The highest BCUT2D eigenvalue weighted by Gasteiger charge is 2.50. The van der Waals surface area contributed by atoms with Gasteiger partial charge in [0.2, 0.25) is 0 Å². The number of benzene rings is 1. The number of hydrogen-bond acceptors (Lipinski definition) is 1. The maximum absolute atomic E-state index is 9.68. The molecule has 102 valence electrons. The molecule has 0 bridgehead atoms. The lowest BCUT2D eigenvalue weighted by molar-refractivity contribution is 0.0598. The van der Waals surface area contributed by atoms with Crippen molar-refractivity contribution in [3.8, 4) is 5.75 Å². The number of aromatic hydroxyl groups is 1. The smallest absolute Gasteiger partial charge is 0.115 e. The Bertz CT molecular complexity index is 506. The third kappa shape index (κ3) is 1.67. The van der Waals surface area contributed by atoms with Crippen LogP contribution in [0.15, 0.2) is 18.2 Å². The van der Waals surface area contributed by atoms with Crippen molar-refractivity contribution in [1.82, 2.24) is 0 Å². The molecule has 2 fully saturated rings. The van der Waals surface area contributed by atoms with Gasteiger partial charge in [-0.25, -0.2) is 0 Å². The van der Waals surface area contributed by atoms with Gasteiger partial charge >= 0.3 is 0 Å². The summed E-state index contributed by atoms with van der Waals surface area (Å²) in [5, 5.41) is 9.68. The van der Waals surface area contributed by atoms with Gasteiger partial charge in [0, 0.05) is 0 Å². The van der Waals surface area contributed by atoms with Crippen LogP contribution in [-0.4, -0.2) is 5.11 Å². The Morgan fingerprint density at radius 1 is 1.16 bits per heavy atom. The second kappa shape index (κ2) is 4.01. The van der Waals surface area contributed by atoms with E-state index in [-0.39, 0.29) is 0 Å². The van der Waals surface area contributed by atoms with E-state index >= 15 is 0 Å². The van der Waals surface area contributed by atoms with E-state index in [1.54, 1.807) is 5.56 Å². The average Bonchev–Trinajstić information content (AvgIpc) is 2.79. The van der Waals surface area contributed by atoms with Gasteiger partial charge in [-0.05, 0) is 85.0 Å². The molecule has 1 aromatic rings. The third-order valence-corrected chi connectivity index (χ3v) is 6.49. The first-order valence-electron chi connectivity index (χ1n) is 7.99. The van der Waals surface area contributed by atoms with Gasteiger partial charge in [-0.1, -0.05) is 19.4 Å². The van der Waals surface area contributed by atoms with Crippen LogP contribution < -0.4 is 0 Å². The minimum absolute atomic E-state index is 0.443. The zero-order chi connectivity index (χ0) is 13.0. The van der Waals surface area contributed by atoms with Crippen LogP contribution in [0.5, 0.6) is 5.75 Å². The van der Waals surface area contributed by atoms with Crippen molar-refractivity contribution in [2.45, 2.75) is 57.8 Å². The molecule has 3 aliphatic carbocycles. The maximum atomic E-state index is 9.68. The fourth-order valence-corrected chi connectivity index (χ4v) is 5.56. The van der Waals surface area contributed by atoms with Crippen LogP contribution in [0.25, 0.3) is 0 Å². The highest BCUT2D eigenvalue weighted by Crippen LogP contribution is 2.60. The van der Waals surface area contributed by atoms with Gasteiger partial charge in [0.15, 0.2) is 0 Å². The predicted octanol–water partition coefficient (Wildman–Crippen LogP) is 4.64. The van der Waals surface area contributed by atoms with Gasteiger partial charge in [0.05, 0.1) is 0 Å². The molecule has 0 heterocycles. The third-order valence-electron chi connectivity index (χ3n) is 6.49. The summed E-state index contributed by atoms with van der Waals surface area (Å²) >= 11 is 0. The topological polar surface area (TPSA) is 20.2 Å². The summed E-state index contributed by atoms with van der Waals surface area (Å²) in [6.45, 7) is 2.55. The maximum Gasteiger partial charge on any atom is 0.115 e. The molecule has 0 radical (unpaired) electrons. The van der Waals surface area contributed by atoms with Crippen LogP contribution in [0.3, 0.4) is 0 Å². The van der Waals surface area contributed by atoms with Gasteiger partial charge in [0.25, 0.3) is 0 Å². The molecule has 3 aliphatic rings. The molecule has 0 aromatic heterocycles. The van der Waals surface area contributed by atoms with Crippen molar-refractivity contribution in [2.75, 3.05) is 0 Å². The summed E-state index contributed by atoms with van der Waals surface area (Å²) in [5.74, 6) is 3.10. The zero-order valence-electron chi connectivity index (χ0n) is 11.9. The van der Waals surface area contributed by atoms with Crippen LogP contribution in [-0.2, 0) is 6.42 Å². The van der Waals surface area contributed by atoms with E-state index in [1.165, 1.54) is 50.5 Å². The van der Waals surface area contributed by atoms with E-state index in [9.17, 15) is 5.11 Å². The second-order valence-corrected chi connectivity index (χ2v) is 7.38. The normalized spacial score (nSPS) is 40.4. The highest BCUT2D eigenvalue weighted by molar-refractivity contribution is 5.40. The molecular weight excluding hydrogens is 232 g/mol. The van der Waals surface area contributed by atoms with Crippen LogP contribution in [0.2, 0.25) is 0 Å². The van der Waals surface area contributed by atoms with Gasteiger partial charge in [-0.3, -0.25) is 0 Å². The van der Waals surface area contributed by atoms with E-state index in [2.05, 4.69) is 13.0 Å². The number of rotatable bonds is 0. The van der Waals surface area contributed by atoms with E-state index in [1.807, 2.05) is 12.1 Å². The standard InChI is InChI=1S/C18H24O/c1-18-9-2-3-17(18)16-6-4-12-11-13(19)5-7-14(12)15(16)8-10-18/h5,7,11,15-17,19H,2-4,6,8-10H2,1H3/t15-,16-,17+,18-/m1/s1. The second-order valence-electron chi connectivity index (χ2n) is 7.38. The molecule has 1 aromatic carbocycles. The van der Waals surface area contributed by atoms with Crippen LogP contribution in [0.1, 0.15) is 62.5 Å². The van der Waals surface area contributed by atoms with Gasteiger partial charge < -0.3 is 5.11 Å². The summed E-state index contributed by atoms with van der Waals surface area (Å²) in [6, 6.07) is 6.11. The first-order valence-corrected chi connectivity index (χ1v) is 7.99. The van der Waals surface area contributed by atoms with E-state index in [0.717, 1.165) is 17.8 Å². The molecular formula is C18H24O. The van der Waals surface area contributed by atoms with Crippen molar-refractivity contribution in [3.05, 3.63) is 29.3 Å². The first kappa shape index (κ1) is 11.8. The summed E-state index contributed by atoms with van der Waals surface area (Å²) in [5.41, 5.74) is 3.63. The monoisotopic (exact) mass is 256 g/mol. The molecule has 0 aliphatic heterocycles. The fraction of sp³-hybridized carbons (Fsp3) is 0.667.